The third-order valence-corrected chi connectivity index (χ3v) is 0.989. The maximum absolute atomic E-state index is 9.75. The molecule has 8 heteroatoms. The summed E-state index contributed by atoms with van der Waals surface area (Å²) < 4.78 is 39.0. The largest absolute Gasteiger partial charge is 0.673 e. The van der Waals surface area contributed by atoms with Gasteiger partial charge in [0.05, 0.1) is 0 Å². The molecule has 0 radical (unpaired) electrons. The molecule has 0 bridgehead atoms. The van der Waals surface area contributed by atoms with Gasteiger partial charge in [-0.3, -0.25) is 0 Å². The van der Waals surface area contributed by atoms with E-state index in [0.29, 0.717) is 0 Å². The van der Waals surface area contributed by atoms with Crippen LogP contribution in [0.4, 0.5) is 23.0 Å². The quantitative estimate of drug-likeness (QED) is 0.404. The third-order valence-electron chi connectivity index (χ3n) is 0.989. The minimum absolute atomic E-state index is 0.0139. The first-order chi connectivity index (χ1) is 6.34. The van der Waals surface area contributed by atoms with E-state index in [9.17, 15) is 17.3 Å². The van der Waals surface area contributed by atoms with Gasteiger partial charge in [0.2, 0.25) is 11.1 Å². The Hall–Kier alpha value is -1.78. The standard InChI is InChI=1S/C6H4N2O.BF4/c7-8-5-3-1-2-4-6(5)9;2-1(3,4)5/h1-4H;/q;-1/p+1. The number of rotatable bonds is 0. The first kappa shape index (κ1) is 12.2. The van der Waals surface area contributed by atoms with E-state index in [4.69, 9.17) is 10.5 Å². The van der Waals surface area contributed by atoms with Gasteiger partial charge < -0.3 is 22.4 Å². The van der Waals surface area contributed by atoms with Gasteiger partial charge in [-0.2, -0.15) is 0 Å². The number of phenolic OH excluding ortho intramolecular Hbond substituents is 1. The first-order valence-corrected chi connectivity index (χ1v) is 3.35. The van der Waals surface area contributed by atoms with Gasteiger partial charge in [0, 0.05) is 6.07 Å². The molecule has 3 nitrogen and oxygen atoms in total. The van der Waals surface area contributed by atoms with Gasteiger partial charge in [-0.25, -0.2) is 0 Å². The van der Waals surface area contributed by atoms with Gasteiger partial charge in [0.1, 0.15) is 0 Å². The predicted molar refractivity (Wildman–Crippen MR) is 43.0 cm³/mol. The van der Waals surface area contributed by atoms with Gasteiger partial charge in [-0.15, -0.1) is 0 Å². The molecular formula is C6H5BF4N2O. The third kappa shape index (κ3) is 6.91. The van der Waals surface area contributed by atoms with Crippen molar-refractivity contribution in [2.45, 2.75) is 0 Å². The van der Waals surface area contributed by atoms with Gasteiger partial charge in [-0.1, -0.05) is 12.1 Å². The minimum Gasteiger partial charge on any atom is -0.501 e. The van der Waals surface area contributed by atoms with Crippen LogP contribution in [-0.2, 0) is 0 Å². The molecule has 0 spiro atoms. The van der Waals surface area contributed by atoms with E-state index >= 15 is 0 Å². The van der Waals surface area contributed by atoms with Crippen molar-refractivity contribution in [1.29, 1.82) is 5.39 Å². The summed E-state index contributed by atoms with van der Waals surface area (Å²) in [5.41, 5.74) is 0.192. The summed E-state index contributed by atoms with van der Waals surface area (Å²) in [6, 6.07) is 6.29. The molecule has 1 aromatic carbocycles. The number of phenols is 1. The number of halogens is 4. The Morgan fingerprint density at radius 2 is 1.57 bits per heavy atom. The molecule has 0 aliphatic carbocycles. The molecule has 0 saturated heterocycles. The summed E-state index contributed by atoms with van der Waals surface area (Å²) in [6.07, 6.45) is 0. The maximum atomic E-state index is 9.75. The van der Waals surface area contributed by atoms with Crippen molar-refractivity contribution in [3.05, 3.63) is 29.2 Å². The molecule has 0 saturated carbocycles. The second-order valence-electron chi connectivity index (χ2n) is 2.08. The summed E-state index contributed by atoms with van der Waals surface area (Å²) in [4.78, 5) is 2.82. The highest BCUT2D eigenvalue weighted by Crippen LogP contribution is 2.23. The molecule has 1 N–H and O–H groups in total. The molecule has 14 heavy (non-hydrogen) atoms. The molecule has 1 rings (SSSR count). The summed E-state index contributed by atoms with van der Waals surface area (Å²) in [5.74, 6) is -0.0139. The number of hydrogen-bond donors (Lipinski definition) is 1. The van der Waals surface area contributed by atoms with Crippen LogP contribution in [-0.4, -0.2) is 12.4 Å². The van der Waals surface area contributed by atoms with Crippen LogP contribution in [0.2, 0.25) is 0 Å². The Balaban J connectivity index is 0.000000292. The number of nitrogens with zero attached hydrogens (tertiary/aromatic N) is 2. The highest BCUT2D eigenvalue weighted by atomic mass is 19.5. The fourth-order valence-electron chi connectivity index (χ4n) is 0.549. The van der Waals surface area contributed by atoms with Crippen LogP contribution >= 0.6 is 0 Å². The molecule has 0 unspecified atom stereocenters. The second-order valence-corrected chi connectivity index (χ2v) is 2.08. The summed E-state index contributed by atoms with van der Waals surface area (Å²) in [6.45, 7) is 0. The minimum atomic E-state index is -6.00. The molecule has 0 fully saturated rings. The van der Waals surface area contributed by atoms with Crippen LogP contribution in [0.15, 0.2) is 24.3 Å². The zero-order chi connectivity index (χ0) is 11.2. The normalized spacial score (nSPS) is 9.64. The Morgan fingerprint density at radius 3 is 1.86 bits per heavy atom. The highest BCUT2D eigenvalue weighted by Gasteiger charge is 2.20. The lowest BCUT2D eigenvalue weighted by atomic mass is 10.3. The monoisotopic (exact) mass is 208 g/mol. The smallest absolute Gasteiger partial charge is 0.501 e. The summed E-state index contributed by atoms with van der Waals surface area (Å²) in [7, 11) is -6.00. The number of hydrogen-bond acceptors (Lipinski definition) is 2. The summed E-state index contributed by atoms with van der Waals surface area (Å²) in [5, 5.41) is 17.0. The topological polar surface area (TPSA) is 48.4 Å². The Kier molecular flexibility index (Phi) is 4.42. The Labute approximate surface area is 76.7 Å². The van der Waals surface area contributed by atoms with Crippen molar-refractivity contribution in [2.24, 2.45) is 0 Å². The lowest BCUT2D eigenvalue weighted by molar-refractivity contribution is 0.368. The zero-order valence-electron chi connectivity index (χ0n) is 6.74. The zero-order valence-corrected chi connectivity index (χ0v) is 6.74. The van der Waals surface area contributed by atoms with E-state index in [-0.39, 0.29) is 11.4 Å². The molecule has 0 heterocycles. The average Bonchev–Trinajstić information content (AvgIpc) is 2.02. The lowest BCUT2D eigenvalue weighted by Crippen LogP contribution is -2.02. The summed E-state index contributed by atoms with van der Waals surface area (Å²) >= 11 is 0. The van der Waals surface area contributed by atoms with E-state index in [1.54, 1.807) is 12.1 Å². The van der Waals surface area contributed by atoms with E-state index in [0.717, 1.165) is 0 Å². The SMILES string of the molecule is F[B-](F)(F)F.N#[N+]c1ccccc1O. The van der Waals surface area contributed by atoms with Gasteiger partial charge in [0.25, 0.3) is 0 Å². The Morgan fingerprint density at radius 1 is 1.14 bits per heavy atom. The van der Waals surface area contributed by atoms with Crippen LogP contribution in [0.25, 0.3) is 4.98 Å². The molecule has 0 aliphatic heterocycles. The molecule has 76 valence electrons. The molecule has 0 aromatic heterocycles. The van der Waals surface area contributed by atoms with Crippen molar-refractivity contribution in [2.75, 3.05) is 0 Å². The Bertz CT molecular complexity index is 329. The van der Waals surface area contributed by atoms with Gasteiger partial charge in [0.15, 0.2) is 4.98 Å². The number of para-hydroxylation sites is 1. The molecule has 0 aliphatic rings. The van der Waals surface area contributed by atoms with Crippen molar-refractivity contribution < 1.29 is 22.4 Å². The van der Waals surface area contributed by atoms with Crippen LogP contribution in [0.5, 0.6) is 5.75 Å². The molecule has 0 amide bonds. The lowest BCUT2D eigenvalue weighted by Gasteiger charge is -1.94. The van der Waals surface area contributed by atoms with Crippen molar-refractivity contribution in [3.63, 3.8) is 0 Å². The number of aromatic hydroxyl groups is 1. The van der Waals surface area contributed by atoms with E-state index in [1.165, 1.54) is 12.1 Å². The molecule has 1 aromatic rings. The highest BCUT2D eigenvalue weighted by molar-refractivity contribution is 6.50. The van der Waals surface area contributed by atoms with Crippen molar-refractivity contribution in [3.8, 4) is 5.75 Å². The molecular weight excluding hydrogens is 203 g/mol. The number of diazo groups is 1. The van der Waals surface area contributed by atoms with Crippen molar-refractivity contribution in [1.82, 2.24) is 0 Å². The second kappa shape index (κ2) is 5.06. The van der Waals surface area contributed by atoms with E-state index in [1.807, 2.05) is 0 Å². The van der Waals surface area contributed by atoms with Gasteiger partial charge >= 0.3 is 12.9 Å². The van der Waals surface area contributed by atoms with Gasteiger partial charge in [-0.05, 0) is 6.07 Å². The predicted octanol–water partition coefficient (Wildman–Crippen LogP) is 3.18. The van der Waals surface area contributed by atoms with Crippen LogP contribution in [0.3, 0.4) is 0 Å². The van der Waals surface area contributed by atoms with Crippen molar-refractivity contribution >= 4 is 12.9 Å². The molecule has 0 atom stereocenters. The van der Waals surface area contributed by atoms with Crippen LogP contribution < -0.4 is 0 Å². The number of benzene rings is 1. The van der Waals surface area contributed by atoms with E-state index < -0.39 is 7.25 Å². The fourth-order valence-corrected chi connectivity index (χ4v) is 0.549. The fraction of sp³-hybridized carbons (Fsp3) is 0. The average molecular weight is 208 g/mol. The van der Waals surface area contributed by atoms with Crippen LogP contribution in [0.1, 0.15) is 0 Å². The maximum Gasteiger partial charge on any atom is 0.673 e. The van der Waals surface area contributed by atoms with Crippen LogP contribution in [0, 0.1) is 5.39 Å². The van der Waals surface area contributed by atoms with E-state index in [2.05, 4.69) is 4.98 Å². The first-order valence-electron chi connectivity index (χ1n) is 3.35.